The predicted octanol–water partition coefficient (Wildman–Crippen LogP) is 1.47. The fraction of sp³-hybridized carbons (Fsp3) is 0.786. The molecular weight excluding hydrogens is 288 g/mol. The first-order chi connectivity index (χ1) is 10.2. The molecule has 0 aromatic carbocycles. The van der Waals surface area contributed by atoms with Crippen LogP contribution in [0.1, 0.15) is 44.6 Å². The van der Waals surface area contributed by atoms with Crippen LogP contribution in [-0.2, 0) is 4.79 Å². The Morgan fingerprint density at radius 2 is 2.19 bits per heavy atom. The summed E-state index contributed by atoms with van der Waals surface area (Å²) in [4.78, 5) is 14.0. The van der Waals surface area contributed by atoms with E-state index in [0.29, 0.717) is 11.8 Å². The molecule has 0 aliphatic heterocycles. The van der Waals surface area contributed by atoms with Crippen LogP contribution in [0.15, 0.2) is 11.5 Å². The van der Waals surface area contributed by atoms with Gasteiger partial charge in [-0.25, -0.2) is 0 Å². The molecule has 0 spiro atoms. The number of aromatic nitrogens is 3. The number of carbonyl (C=O) groups excluding carboxylic acids is 1. The highest BCUT2D eigenvalue weighted by Crippen LogP contribution is 2.37. The van der Waals surface area contributed by atoms with Gasteiger partial charge >= 0.3 is 0 Å². The normalized spacial score (nSPS) is 25.8. The fourth-order valence-electron chi connectivity index (χ4n) is 2.89. The monoisotopic (exact) mass is 310 g/mol. The molecular formula is C14H22N4O2S. The molecule has 1 aromatic heterocycles. The number of aliphatic hydroxyl groups excluding tert-OH is 1. The van der Waals surface area contributed by atoms with E-state index in [1.54, 1.807) is 18.3 Å². The summed E-state index contributed by atoms with van der Waals surface area (Å²) in [5, 5.41) is 18.9. The molecule has 1 heterocycles. The van der Waals surface area contributed by atoms with Crippen molar-refractivity contribution < 1.29 is 9.90 Å². The lowest BCUT2D eigenvalue weighted by atomic mass is 9.91. The molecule has 2 fully saturated rings. The van der Waals surface area contributed by atoms with Gasteiger partial charge in [-0.15, -0.1) is 10.2 Å². The average Bonchev–Trinajstić information content (AvgIpc) is 3.23. The zero-order valence-corrected chi connectivity index (χ0v) is 13.1. The number of thioether (sulfide) groups is 1. The second-order valence-electron chi connectivity index (χ2n) is 5.96. The van der Waals surface area contributed by atoms with Crippen LogP contribution < -0.4 is 0 Å². The minimum Gasteiger partial charge on any atom is -0.391 e. The Morgan fingerprint density at radius 1 is 1.43 bits per heavy atom. The molecule has 2 saturated carbocycles. The van der Waals surface area contributed by atoms with Gasteiger partial charge in [0.15, 0.2) is 5.16 Å². The molecule has 0 bridgehead atoms. The van der Waals surface area contributed by atoms with Crippen LogP contribution in [-0.4, -0.2) is 55.6 Å². The third kappa shape index (κ3) is 3.40. The van der Waals surface area contributed by atoms with Crippen LogP contribution in [0.2, 0.25) is 0 Å². The topological polar surface area (TPSA) is 71.2 Å². The molecule has 1 amide bonds. The highest BCUT2D eigenvalue weighted by atomic mass is 32.2. The highest BCUT2D eigenvalue weighted by Gasteiger charge is 2.30. The zero-order valence-electron chi connectivity index (χ0n) is 12.3. The third-order valence-electron chi connectivity index (χ3n) is 4.39. The molecule has 21 heavy (non-hydrogen) atoms. The lowest BCUT2D eigenvalue weighted by molar-refractivity contribution is -0.132. The Bertz CT molecular complexity index is 503. The van der Waals surface area contributed by atoms with Gasteiger partial charge in [-0.3, -0.25) is 4.79 Å². The summed E-state index contributed by atoms with van der Waals surface area (Å²) in [6.45, 7) is 0. The number of nitrogens with zero attached hydrogens (tertiary/aromatic N) is 4. The number of aliphatic hydroxyl groups is 1. The number of carbonyl (C=O) groups is 1. The van der Waals surface area contributed by atoms with Crippen molar-refractivity contribution in [3.05, 3.63) is 6.33 Å². The maximum absolute atomic E-state index is 12.3. The molecule has 3 rings (SSSR count). The van der Waals surface area contributed by atoms with Crippen molar-refractivity contribution in [2.75, 3.05) is 12.8 Å². The molecule has 2 atom stereocenters. The second kappa shape index (κ2) is 6.36. The zero-order chi connectivity index (χ0) is 14.8. The SMILES string of the molecule is CN(C(=O)CSc1nncn1C1CC1)C1CCCCC1O. The van der Waals surface area contributed by atoms with Crippen LogP contribution in [0, 0.1) is 0 Å². The second-order valence-corrected chi connectivity index (χ2v) is 6.91. The van der Waals surface area contributed by atoms with Crippen molar-refractivity contribution >= 4 is 17.7 Å². The summed E-state index contributed by atoms with van der Waals surface area (Å²) in [6, 6.07) is 0.489. The van der Waals surface area contributed by atoms with Crippen LogP contribution in [0.3, 0.4) is 0 Å². The minimum atomic E-state index is -0.382. The molecule has 116 valence electrons. The van der Waals surface area contributed by atoms with Crippen molar-refractivity contribution in [1.82, 2.24) is 19.7 Å². The molecule has 0 saturated heterocycles. The number of hydrogen-bond acceptors (Lipinski definition) is 5. The molecule has 1 N–H and O–H groups in total. The Labute approximate surface area is 128 Å². The predicted molar refractivity (Wildman–Crippen MR) is 80.0 cm³/mol. The standard InChI is InChI=1S/C14H22N4O2S/c1-17(11-4-2-3-5-12(11)19)13(20)8-21-14-16-15-9-18(14)10-6-7-10/h9-12,19H,2-8H2,1H3. The van der Waals surface area contributed by atoms with Gasteiger partial charge in [-0.1, -0.05) is 24.6 Å². The van der Waals surface area contributed by atoms with Gasteiger partial charge in [0, 0.05) is 13.1 Å². The summed E-state index contributed by atoms with van der Waals surface area (Å²) in [5.41, 5.74) is 0. The molecule has 2 aliphatic carbocycles. The van der Waals surface area contributed by atoms with Gasteiger partial charge in [0.1, 0.15) is 6.33 Å². The van der Waals surface area contributed by atoms with Gasteiger partial charge in [-0.05, 0) is 25.7 Å². The summed E-state index contributed by atoms with van der Waals surface area (Å²) in [7, 11) is 1.80. The van der Waals surface area contributed by atoms with Crippen molar-refractivity contribution in [3.63, 3.8) is 0 Å². The number of hydrogen-bond donors (Lipinski definition) is 1. The van der Waals surface area contributed by atoms with Crippen molar-refractivity contribution in [2.24, 2.45) is 0 Å². The summed E-state index contributed by atoms with van der Waals surface area (Å²) < 4.78 is 2.06. The minimum absolute atomic E-state index is 0.0341. The summed E-state index contributed by atoms with van der Waals surface area (Å²) in [6.07, 6.45) is 7.55. The van der Waals surface area contributed by atoms with Gasteiger partial charge in [0.2, 0.25) is 5.91 Å². The summed E-state index contributed by atoms with van der Waals surface area (Å²) in [5.74, 6) is 0.404. The van der Waals surface area contributed by atoms with E-state index in [2.05, 4.69) is 14.8 Å². The van der Waals surface area contributed by atoms with E-state index >= 15 is 0 Å². The quantitative estimate of drug-likeness (QED) is 0.834. The van der Waals surface area contributed by atoms with E-state index in [4.69, 9.17) is 0 Å². The Balaban J connectivity index is 1.54. The largest absolute Gasteiger partial charge is 0.391 e. The lowest BCUT2D eigenvalue weighted by Gasteiger charge is -2.35. The Morgan fingerprint density at radius 3 is 2.90 bits per heavy atom. The summed E-state index contributed by atoms with van der Waals surface area (Å²) >= 11 is 1.44. The maximum Gasteiger partial charge on any atom is 0.233 e. The molecule has 2 unspecified atom stereocenters. The molecule has 7 heteroatoms. The smallest absolute Gasteiger partial charge is 0.233 e. The Hall–Kier alpha value is -1.08. The van der Waals surface area contributed by atoms with Crippen molar-refractivity contribution in [3.8, 4) is 0 Å². The first-order valence-corrected chi connectivity index (χ1v) is 8.61. The van der Waals surface area contributed by atoms with E-state index < -0.39 is 0 Å². The van der Waals surface area contributed by atoms with E-state index in [0.717, 1.165) is 30.8 Å². The number of likely N-dealkylation sites (N-methyl/N-ethyl adjacent to an activating group) is 1. The maximum atomic E-state index is 12.3. The first-order valence-electron chi connectivity index (χ1n) is 7.63. The lowest BCUT2D eigenvalue weighted by Crippen LogP contribution is -2.46. The van der Waals surface area contributed by atoms with Gasteiger partial charge < -0.3 is 14.6 Å². The van der Waals surface area contributed by atoms with Crippen LogP contribution in [0.4, 0.5) is 0 Å². The fourth-order valence-corrected chi connectivity index (χ4v) is 3.80. The molecule has 0 radical (unpaired) electrons. The van der Waals surface area contributed by atoms with E-state index in [-0.39, 0.29) is 18.1 Å². The van der Waals surface area contributed by atoms with Gasteiger partial charge in [-0.2, -0.15) is 0 Å². The van der Waals surface area contributed by atoms with Crippen LogP contribution in [0.5, 0.6) is 0 Å². The average molecular weight is 310 g/mol. The molecule has 2 aliphatic rings. The van der Waals surface area contributed by atoms with Gasteiger partial charge in [0.05, 0.1) is 17.9 Å². The van der Waals surface area contributed by atoms with Crippen LogP contribution in [0.25, 0.3) is 0 Å². The van der Waals surface area contributed by atoms with Crippen molar-refractivity contribution in [2.45, 2.75) is 61.9 Å². The molecule has 6 nitrogen and oxygen atoms in total. The van der Waals surface area contributed by atoms with Crippen molar-refractivity contribution in [1.29, 1.82) is 0 Å². The van der Waals surface area contributed by atoms with Gasteiger partial charge in [0.25, 0.3) is 0 Å². The van der Waals surface area contributed by atoms with Crippen LogP contribution >= 0.6 is 11.8 Å². The third-order valence-corrected chi connectivity index (χ3v) is 5.33. The van der Waals surface area contributed by atoms with E-state index in [9.17, 15) is 9.90 Å². The van der Waals surface area contributed by atoms with E-state index in [1.165, 1.54) is 24.6 Å². The first kappa shape index (κ1) is 14.8. The molecule has 1 aromatic rings. The number of amides is 1. The Kier molecular flexibility index (Phi) is 4.49. The highest BCUT2D eigenvalue weighted by molar-refractivity contribution is 7.99. The van der Waals surface area contributed by atoms with E-state index in [1.807, 2.05) is 0 Å². The number of rotatable bonds is 5.